The summed E-state index contributed by atoms with van der Waals surface area (Å²) < 4.78 is 0. The predicted octanol–water partition coefficient (Wildman–Crippen LogP) is 4.05. The molecule has 0 saturated heterocycles. The Labute approximate surface area is 123 Å². The normalized spacial score (nSPS) is 12.4. The van der Waals surface area contributed by atoms with Crippen LogP contribution in [0.2, 0.25) is 10.0 Å². The van der Waals surface area contributed by atoms with Crippen LogP contribution in [0.4, 0.5) is 0 Å². The lowest BCUT2D eigenvalue weighted by molar-refractivity contribution is 0.551. The van der Waals surface area contributed by atoms with Crippen LogP contribution in [0.25, 0.3) is 0 Å². The number of halogens is 2. The number of hydrazine groups is 1. The number of rotatable bonds is 4. The summed E-state index contributed by atoms with van der Waals surface area (Å²) >= 11 is 12.0. The molecule has 0 aromatic heterocycles. The monoisotopic (exact) mass is 294 g/mol. The summed E-state index contributed by atoms with van der Waals surface area (Å²) in [5, 5.41) is 1.46. The van der Waals surface area contributed by atoms with Crippen LogP contribution < -0.4 is 11.3 Å². The molecule has 2 rings (SSSR count). The molecule has 0 fully saturated rings. The van der Waals surface area contributed by atoms with E-state index in [4.69, 9.17) is 29.0 Å². The summed E-state index contributed by atoms with van der Waals surface area (Å²) in [6.07, 6.45) is 0.785. The molecule has 2 nitrogen and oxygen atoms in total. The van der Waals surface area contributed by atoms with E-state index in [0.29, 0.717) is 0 Å². The number of nitrogens with two attached hydrogens (primary N) is 1. The van der Waals surface area contributed by atoms with Crippen molar-refractivity contribution in [1.82, 2.24) is 5.43 Å². The van der Waals surface area contributed by atoms with Gasteiger partial charge in [0, 0.05) is 10.0 Å². The third kappa shape index (κ3) is 3.95. The van der Waals surface area contributed by atoms with Crippen molar-refractivity contribution in [2.75, 3.05) is 0 Å². The van der Waals surface area contributed by atoms with Gasteiger partial charge < -0.3 is 0 Å². The molecule has 0 amide bonds. The third-order valence-electron chi connectivity index (χ3n) is 3.02. The minimum absolute atomic E-state index is 0.0265. The molecule has 1 atom stereocenters. The van der Waals surface area contributed by atoms with E-state index >= 15 is 0 Å². The Kier molecular flexibility index (Phi) is 4.83. The zero-order valence-corrected chi connectivity index (χ0v) is 12.2. The molecule has 1 unspecified atom stereocenters. The van der Waals surface area contributed by atoms with E-state index in [0.717, 1.165) is 27.6 Å². The molecule has 0 saturated carbocycles. The quantitative estimate of drug-likeness (QED) is 0.659. The standard InChI is InChI=1S/C15H16Cl2N2/c1-10-6-12(9-14(17)7-10)15(19-18)8-11-2-4-13(16)5-3-11/h2-7,9,15,19H,8,18H2,1H3. The first-order valence-electron chi connectivity index (χ1n) is 6.06. The van der Waals surface area contributed by atoms with Gasteiger partial charge in [-0.2, -0.15) is 0 Å². The molecule has 0 aliphatic heterocycles. The number of hydrogen-bond acceptors (Lipinski definition) is 2. The summed E-state index contributed by atoms with van der Waals surface area (Å²) in [6, 6.07) is 13.8. The van der Waals surface area contributed by atoms with Gasteiger partial charge in [-0.1, -0.05) is 41.4 Å². The average molecular weight is 295 g/mol. The van der Waals surface area contributed by atoms with Crippen molar-refractivity contribution in [3.05, 3.63) is 69.2 Å². The van der Waals surface area contributed by atoms with Gasteiger partial charge in [-0.25, -0.2) is 0 Å². The van der Waals surface area contributed by atoms with Crippen LogP contribution in [-0.2, 0) is 6.42 Å². The van der Waals surface area contributed by atoms with Gasteiger partial charge in [-0.05, 0) is 54.3 Å². The molecule has 0 heterocycles. The second kappa shape index (κ2) is 6.40. The van der Waals surface area contributed by atoms with E-state index < -0.39 is 0 Å². The summed E-state index contributed by atoms with van der Waals surface area (Å²) in [7, 11) is 0. The lowest BCUT2D eigenvalue weighted by Crippen LogP contribution is -2.29. The van der Waals surface area contributed by atoms with Gasteiger partial charge in [0.15, 0.2) is 0 Å². The molecule has 2 aromatic rings. The zero-order chi connectivity index (χ0) is 13.8. The first-order chi connectivity index (χ1) is 9.08. The highest BCUT2D eigenvalue weighted by Gasteiger charge is 2.11. The SMILES string of the molecule is Cc1cc(Cl)cc(C(Cc2ccc(Cl)cc2)NN)c1. The highest BCUT2D eigenvalue weighted by Crippen LogP contribution is 2.23. The van der Waals surface area contributed by atoms with Crippen LogP contribution in [0.1, 0.15) is 22.7 Å². The Hall–Kier alpha value is -1.06. The van der Waals surface area contributed by atoms with Crippen LogP contribution >= 0.6 is 23.2 Å². The van der Waals surface area contributed by atoms with Gasteiger partial charge in [0.1, 0.15) is 0 Å². The predicted molar refractivity (Wildman–Crippen MR) is 81.4 cm³/mol. The Morgan fingerprint density at radius 2 is 1.74 bits per heavy atom. The maximum Gasteiger partial charge on any atom is 0.0500 e. The van der Waals surface area contributed by atoms with Crippen molar-refractivity contribution in [1.29, 1.82) is 0 Å². The van der Waals surface area contributed by atoms with Gasteiger partial charge in [0.2, 0.25) is 0 Å². The third-order valence-corrected chi connectivity index (χ3v) is 3.49. The highest BCUT2D eigenvalue weighted by atomic mass is 35.5. The van der Waals surface area contributed by atoms with Crippen molar-refractivity contribution in [2.24, 2.45) is 5.84 Å². The van der Waals surface area contributed by atoms with E-state index in [-0.39, 0.29) is 6.04 Å². The molecule has 19 heavy (non-hydrogen) atoms. The molecule has 0 aliphatic carbocycles. The fraction of sp³-hybridized carbons (Fsp3) is 0.200. The van der Waals surface area contributed by atoms with Crippen LogP contribution in [0.5, 0.6) is 0 Å². The molecule has 0 aliphatic rings. The van der Waals surface area contributed by atoms with Gasteiger partial charge in [0.05, 0.1) is 6.04 Å². The second-order valence-corrected chi connectivity index (χ2v) is 5.48. The van der Waals surface area contributed by atoms with Crippen molar-refractivity contribution >= 4 is 23.2 Å². The summed E-state index contributed by atoms with van der Waals surface area (Å²) in [5.41, 5.74) is 6.23. The number of aryl methyl sites for hydroxylation is 1. The first kappa shape index (κ1) is 14.4. The second-order valence-electron chi connectivity index (χ2n) is 4.61. The number of benzene rings is 2. The van der Waals surface area contributed by atoms with E-state index in [1.807, 2.05) is 43.3 Å². The minimum Gasteiger partial charge on any atom is -0.271 e. The lowest BCUT2D eigenvalue weighted by atomic mass is 9.98. The molecular weight excluding hydrogens is 279 g/mol. The topological polar surface area (TPSA) is 38.0 Å². The van der Waals surface area contributed by atoms with Crippen LogP contribution in [0.3, 0.4) is 0 Å². The summed E-state index contributed by atoms with van der Waals surface area (Å²) in [6.45, 7) is 2.02. The van der Waals surface area contributed by atoms with Gasteiger partial charge in [-0.3, -0.25) is 11.3 Å². The highest BCUT2D eigenvalue weighted by molar-refractivity contribution is 6.30. The molecule has 0 spiro atoms. The fourth-order valence-corrected chi connectivity index (χ4v) is 2.52. The van der Waals surface area contributed by atoms with Crippen LogP contribution in [-0.4, -0.2) is 0 Å². The number of hydrogen-bond donors (Lipinski definition) is 2. The number of nitrogens with one attached hydrogen (secondary N) is 1. The maximum atomic E-state index is 6.09. The fourth-order valence-electron chi connectivity index (χ4n) is 2.09. The summed E-state index contributed by atoms with van der Waals surface area (Å²) in [4.78, 5) is 0. The molecule has 2 aromatic carbocycles. The van der Waals surface area contributed by atoms with Crippen LogP contribution in [0, 0.1) is 6.92 Å². The molecule has 0 bridgehead atoms. The van der Waals surface area contributed by atoms with Crippen LogP contribution in [0.15, 0.2) is 42.5 Å². The zero-order valence-electron chi connectivity index (χ0n) is 10.7. The molecule has 100 valence electrons. The van der Waals surface area contributed by atoms with E-state index in [9.17, 15) is 0 Å². The lowest BCUT2D eigenvalue weighted by Gasteiger charge is -2.17. The summed E-state index contributed by atoms with van der Waals surface area (Å²) in [5.74, 6) is 5.66. The Morgan fingerprint density at radius 3 is 2.32 bits per heavy atom. The van der Waals surface area contributed by atoms with E-state index in [1.165, 1.54) is 5.56 Å². The average Bonchev–Trinajstić information content (AvgIpc) is 2.37. The molecule has 4 heteroatoms. The van der Waals surface area contributed by atoms with Gasteiger partial charge >= 0.3 is 0 Å². The minimum atomic E-state index is 0.0265. The van der Waals surface area contributed by atoms with E-state index in [2.05, 4.69) is 11.5 Å². The van der Waals surface area contributed by atoms with Crippen molar-refractivity contribution < 1.29 is 0 Å². The van der Waals surface area contributed by atoms with Crippen molar-refractivity contribution in [3.63, 3.8) is 0 Å². The Morgan fingerprint density at radius 1 is 1.05 bits per heavy atom. The maximum absolute atomic E-state index is 6.09. The van der Waals surface area contributed by atoms with E-state index in [1.54, 1.807) is 0 Å². The van der Waals surface area contributed by atoms with Crippen molar-refractivity contribution in [2.45, 2.75) is 19.4 Å². The van der Waals surface area contributed by atoms with Gasteiger partial charge in [-0.15, -0.1) is 0 Å². The Bertz CT molecular complexity index is 532. The van der Waals surface area contributed by atoms with Gasteiger partial charge in [0.25, 0.3) is 0 Å². The smallest absolute Gasteiger partial charge is 0.0500 e. The Balaban J connectivity index is 2.22. The largest absolute Gasteiger partial charge is 0.271 e. The van der Waals surface area contributed by atoms with Crippen molar-refractivity contribution in [3.8, 4) is 0 Å². The first-order valence-corrected chi connectivity index (χ1v) is 6.82. The molecule has 0 radical (unpaired) electrons. The molecule has 3 N–H and O–H groups in total. The molecular formula is C15H16Cl2N2.